The predicted molar refractivity (Wildman–Crippen MR) is 118 cm³/mol. The van der Waals surface area contributed by atoms with Crippen LogP contribution >= 0.6 is 34.8 Å². The molecule has 0 bridgehead atoms. The molecule has 0 saturated heterocycles. The van der Waals surface area contributed by atoms with Gasteiger partial charge in [0.1, 0.15) is 5.82 Å². The van der Waals surface area contributed by atoms with Gasteiger partial charge in [0.15, 0.2) is 0 Å². The van der Waals surface area contributed by atoms with Crippen LogP contribution in [0.15, 0.2) is 41.2 Å². The number of amides is 1. The SMILES string of the molecule is CCN(C(=O)c1ccc(Cl)cc1Cl)C(C)c1nc2cc(Cl)ccc2c(=O)n1CC. The Balaban J connectivity index is 2.11. The summed E-state index contributed by atoms with van der Waals surface area (Å²) in [6.07, 6.45) is 0. The number of nitrogens with zero attached hydrogens (tertiary/aromatic N) is 3. The summed E-state index contributed by atoms with van der Waals surface area (Å²) in [5.74, 6) is 0.234. The zero-order valence-corrected chi connectivity index (χ0v) is 18.5. The van der Waals surface area contributed by atoms with Crippen LogP contribution in [0.3, 0.4) is 0 Å². The highest BCUT2D eigenvalue weighted by molar-refractivity contribution is 6.36. The van der Waals surface area contributed by atoms with E-state index in [1.807, 2.05) is 20.8 Å². The van der Waals surface area contributed by atoms with Crippen molar-refractivity contribution in [2.75, 3.05) is 6.54 Å². The van der Waals surface area contributed by atoms with Crippen molar-refractivity contribution in [2.45, 2.75) is 33.4 Å². The predicted octanol–water partition coefficient (Wildman–Crippen LogP) is 5.60. The number of carbonyl (C=O) groups is 1. The Morgan fingerprint density at radius 3 is 2.38 bits per heavy atom. The molecule has 1 heterocycles. The first kappa shape index (κ1) is 21.6. The van der Waals surface area contributed by atoms with Gasteiger partial charge >= 0.3 is 0 Å². The zero-order valence-electron chi connectivity index (χ0n) is 16.2. The van der Waals surface area contributed by atoms with E-state index in [0.717, 1.165) is 0 Å². The topological polar surface area (TPSA) is 55.2 Å². The molecule has 5 nitrogen and oxygen atoms in total. The molecule has 29 heavy (non-hydrogen) atoms. The van der Waals surface area contributed by atoms with Gasteiger partial charge in [0.25, 0.3) is 11.5 Å². The minimum absolute atomic E-state index is 0.163. The van der Waals surface area contributed by atoms with Crippen LogP contribution in [0.1, 0.15) is 43.0 Å². The van der Waals surface area contributed by atoms with Crippen LogP contribution in [0.25, 0.3) is 10.9 Å². The molecule has 0 fully saturated rings. The lowest BCUT2D eigenvalue weighted by molar-refractivity contribution is 0.0691. The van der Waals surface area contributed by atoms with Gasteiger partial charge in [0.05, 0.1) is 27.5 Å². The molecule has 0 aliphatic carbocycles. The van der Waals surface area contributed by atoms with Gasteiger partial charge in [0.2, 0.25) is 0 Å². The van der Waals surface area contributed by atoms with Crippen molar-refractivity contribution in [3.63, 3.8) is 0 Å². The molecule has 8 heteroatoms. The first-order valence-electron chi connectivity index (χ1n) is 9.24. The van der Waals surface area contributed by atoms with Gasteiger partial charge in [-0.2, -0.15) is 0 Å². The molecule has 1 atom stereocenters. The first-order chi connectivity index (χ1) is 13.8. The molecule has 3 aromatic rings. The van der Waals surface area contributed by atoms with Crippen LogP contribution in [0.4, 0.5) is 0 Å². The van der Waals surface area contributed by atoms with E-state index >= 15 is 0 Å². The summed E-state index contributed by atoms with van der Waals surface area (Å²) in [7, 11) is 0. The van der Waals surface area contributed by atoms with Crippen molar-refractivity contribution in [3.05, 3.63) is 73.2 Å². The second kappa shape index (κ2) is 8.74. The van der Waals surface area contributed by atoms with Crippen LogP contribution in [0.2, 0.25) is 15.1 Å². The van der Waals surface area contributed by atoms with E-state index in [9.17, 15) is 9.59 Å². The molecule has 0 radical (unpaired) electrons. The quantitative estimate of drug-likeness (QED) is 0.506. The number of rotatable bonds is 5. The maximum absolute atomic E-state index is 13.2. The molecule has 2 aromatic carbocycles. The van der Waals surface area contributed by atoms with Crippen LogP contribution in [-0.4, -0.2) is 26.9 Å². The average Bonchev–Trinajstić information content (AvgIpc) is 2.67. The van der Waals surface area contributed by atoms with Crippen LogP contribution in [0, 0.1) is 0 Å². The first-order valence-corrected chi connectivity index (χ1v) is 10.4. The van der Waals surface area contributed by atoms with Gasteiger partial charge in [0, 0.05) is 23.1 Å². The summed E-state index contributed by atoms with van der Waals surface area (Å²) < 4.78 is 1.58. The molecule has 152 valence electrons. The lowest BCUT2D eigenvalue weighted by atomic mass is 10.1. The molecule has 1 amide bonds. The van der Waals surface area contributed by atoms with E-state index in [1.165, 1.54) is 6.07 Å². The Morgan fingerprint density at radius 2 is 1.76 bits per heavy atom. The van der Waals surface area contributed by atoms with E-state index in [0.29, 0.717) is 45.4 Å². The van der Waals surface area contributed by atoms with Crippen molar-refractivity contribution in [1.29, 1.82) is 0 Å². The summed E-state index contributed by atoms with van der Waals surface area (Å²) >= 11 is 18.3. The number of carbonyl (C=O) groups excluding carboxylic acids is 1. The average molecular weight is 453 g/mol. The van der Waals surface area contributed by atoms with Crippen molar-refractivity contribution in [3.8, 4) is 0 Å². The summed E-state index contributed by atoms with van der Waals surface area (Å²) in [6, 6.07) is 9.29. The Bertz CT molecular complexity index is 1140. The molecule has 0 aliphatic rings. The second-order valence-electron chi connectivity index (χ2n) is 6.57. The molecule has 0 aliphatic heterocycles. The Kier molecular flexibility index (Phi) is 6.52. The molecule has 0 N–H and O–H groups in total. The van der Waals surface area contributed by atoms with E-state index < -0.39 is 6.04 Å². The molecular weight excluding hydrogens is 433 g/mol. The van der Waals surface area contributed by atoms with Gasteiger partial charge in [-0.25, -0.2) is 4.98 Å². The van der Waals surface area contributed by atoms with Crippen LogP contribution in [-0.2, 0) is 6.54 Å². The van der Waals surface area contributed by atoms with E-state index in [1.54, 1.807) is 39.8 Å². The highest BCUT2D eigenvalue weighted by Crippen LogP contribution is 2.27. The molecule has 0 spiro atoms. The van der Waals surface area contributed by atoms with Gasteiger partial charge in [-0.05, 0) is 57.2 Å². The fraction of sp³-hybridized carbons (Fsp3) is 0.286. The minimum atomic E-state index is -0.463. The van der Waals surface area contributed by atoms with E-state index in [2.05, 4.69) is 4.98 Å². The Labute approximate surface area is 183 Å². The summed E-state index contributed by atoms with van der Waals surface area (Å²) in [5.41, 5.74) is 0.685. The summed E-state index contributed by atoms with van der Waals surface area (Å²) in [6.45, 7) is 6.42. The third-order valence-corrected chi connectivity index (χ3v) is 5.65. The fourth-order valence-corrected chi connectivity index (χ4v) is 4.04. The zero-order chi connectivity index (χ0) is 21.3. The largest absolute Gasteiger partial charge is 0.329 e. The highest BCUT2D eigenvalue weighted by Gasteiger charge is 2.27. The third-order valence-electron chi connectivity index (χ3n) is 4.87. The standard InChI is InChI=1S/C21H20Cl3N3O2/c1-4-26(20(28)15-8-6-13(22)10-17(15)24)12(3)19-25-18-11-14(23)7-9-16(18)21(29)27(19)5-2/h6-12H,4-5H2,1-3H3. The van der Waals surface area contributed by atoms with Crippen molar-refractivity contribution in [1.82, 2.24) is 14.5 Å². The van der Waals surface area contributed by atoms with Gasteiger partial charge in [-0.3, -0.25) is 14.2 Å². The number of hydrogen-bond acceptors (Lipinski definition) is 3. The Hall–Kier alpha value is -2.08. The highest BCUT2D eigenvalue weighted by atomic mass is 35.5. The molecular formula is C21H20Cl3N3O2. The number of hydrogen-bond donors (Lipinski definition) is 0. The lowest BCUT2D eigenvalue weighted by Crippen LogP contribution is -2.37. The third kappa shape index (κ3) is 4.13. The van der Waals surface area contributed by atoms with Gasteiger partial charge in [-0.1, -0.05) is 34.8 Å². The lowest BCUT2D eigenvalue weighted by Gasteiger charge is -2.29. The molecule has 3 rings (SSSR count). The number of halogens is 3. The van der Waals surface area contributed by atoms with E-state index in [4.69, 9.17) is 34.8 Å². The molecule has 0 saturated carbocycles. The van der Waals surface area contributed by atoms with E-state index in [-0.39, 0.29) is 16.5 Å². The number of benzene rings is 2. The number of aromatic nitrogens is 2. The maximum atomic E-state index is 13.2. The smallest absolute Gasteiger partial charge is 0.261 e. The minimum Gasteiger partial charge on any atom is -0.329 e. The molecule has 1 aromatic heterocycles. The van der Waals surface area contributed by atoms with Crippen molar-refractivity contribution in [2.24, 2.45) is 0 Å². The molecule has 1 unspecified atom stereocenters. The van der Waals surface area contributed by atoms with Gasteiger partial charge in [-0.15, -0.1) is 0 Å². The maximum Gasteiger partial charge on any atom is 0.261 e. The van der Waals surface area contributed by atoms with Crippen LogP contribution in [0.5, 0.6) is 0 Å². The monoisotopic (exact) mass is 451 g/mol. The van der Waals surface area contributed by atoms with Crippen molar-refractivity contribution < 1.29 is 4.79 Å². The normalized spacial score (nSPS) is 12.2. The van der Waals surface area contributed by atoms with Crippen LogP contribution < -0.4 is 5.56 Å². The summed E-state index contributed by atoms with van der Waals surface area (Å²) in [4.78, 5) is 32.5. The summed E-state index contributed by atoms with van der Waals surface area (Å²) in [5, 5.41) is 1.71. The number of fused-ring (bicyclic) bond motifs is 1. The van der Waals surface area contributed by atoms with Gasteiger partial charge < -0.3 is 4.90 Å². The van der Waals surface area contributed by atoms with Crippen molar-refractivity contribution >= 4 is 51.6 Å². The fourth-order valence-electron chi connectivity index (χ4n) is 3.39. The second-order valence-corrected chi connectivity index (χ2v) is 7.85. The Morgan fingerprint density at radius 1 is 1.10 bits per heavy atom.